The van der Waals surface area contributed by atoms with E-state index in [1.807, 2.05) is 69.3 Å². The summed E-state index contributed by atoms with van der Waals surface area (Å²) < 4.78 is 5.65. The zero-order valence-electron chi connectivity index (χ0n) is 17.0. The number of amides is 1. The van der Waals surface area contributed by atoms with Crippen LogP contribution in [-0.4, -0.2) is 17.6 Å². The van der Waals surface area contributed by atoms with Crippen molar-refractivity contribution >= 4 is 5.91 Å². The fraction of sp³-hybridized carbons (Fsp3) is 0.304. The van der Waals surface area contributed by atoms with Gasteiger partial charge in [-0.1, -0.05) is 42.0 Å². The molecule has 1 unspecified atom stereocenters. The molecule has 6 nitrogen and oxygen atoms in total. The molecule has 1 atom stereocenters. The van der Waals surface area contributed by atoms with Crippen LogP contribution in [0.5, 0.6) is 5.75 Å². The van der Waals surface area contributed by atoms with Gasteiger partial charge in [-0.3, -0.25) is 4.79 Å². The summed E-state index contributed by atoms with van der Waals surface area (Å²) in [5, 5.41) is 24.3. The molecule has 0 bridgehead atoms. The van der Waals surface area contributed by atoms with Gasteiger partial charge in [0.15, 0.2) is 0 Å². The van der Waals surface area contributed by atoms with Crippen LogP contribution in [0.25, 0.3) is 0 Å². The number of benzene rings is 2. The Morgan fingerprint density at radius 3 is 2.55 bits per heavy atom. The lowest BCUT2D eigenvalue weighted by atomic mass is 10.0. The number of ether oxygens (including phenoxy) is 1. The fourth-order valence-electron chi connectivity index (χ4n) is 2.83. The number of hydrogen-bond donors (Lipinski definition) is 3. The molecule has 0 heterocycles. The lowest BCUT2D eigenvalue weighted by Crippen LogP contribution is -2.29. The smallest absolute Gasteiger partial charge is 0.263 e. The molecule has 29 heavy (non-hydrogen) atoms. The molecule has 3 N–H and O–H groups in total. The van der Waals surface area contributed by atoms with Crippen LogP contribution in [0.4, 0.5) is 0 Å². The first-order chi connectivity index (χ1) is 14.0. The van der Waals surface area contributed by atoms with Crippen LogP contribution in [0, 0.1) is 18.3 Å². The number of nitriles is 1. The molecular weight excluding hydrogens is 366 g/mol. The third-order valence-electron chi connectivity index (χ3n) is 4.40. The Bertz CT molecular complexity index is 899. The monoisotopic (exact) mass is 393 g/mol. The fourth-order valence-corrected chi connectivity index (χ4v) is 2.83. The number of nitrogens with one attached hydrogen (secondary N) is 2. The summed E-state index contributed by atoms with van der Waals surface area (Å²) in [6.07, 6.45) is 1.42. The van der Waals surface area contributed by atoms with E-state index in [0.717, 1.165) is 28.0 Å². The summed E-state index contributed by atoms with van der Waals surface area (Å²) in [6, 6.07) is 14.9. The van der Waals surface area contributed by atoms with Gasteiger partial charge < -0.3 is 20.5 Å². The van der Waals surface area contributed by atoms with E-state index in [1.54, 1.807) is 0 Å². The molecule has 0 spiro atoms. The molecule has 0 saturated carbocycles. The Kier molecular flexibility index (Phi) is 8.26. The van der Waals surface area contributed by atoms with Crippen molar-refractivity contribution in [3.63, 3.8) is 0 Å². The van der Waals surface area contributed by atoms with Crippen molar-refractivity contribution in [1.29, 1.82) is 5.26 Å². The molecule has 0 aromatic heterocycles. The summed E-state index contributed by atoms with van der Waals surface area (Å²) in [5.41, 5.74) is 3.74. The second kappa shape index (κ2) is 10.9. The quantitative estimate of drug-likeness (QED) is 0.449. The predicted octanol–water partition coefficient (Wildman–Crippen LogP) is 3.26. The van der Waals surface area contributed by atoms with Crippen LogP contribution in [-0.2, 0) is 17.9 Å². The van der Waals surface area contributed by atoms with Crippen LogP contribution in [0.2, 0.25) is 0 Å². The van der Waals surface area contributed by atoms with E-state index in [9.17, 15) is 10.1 Å². The van der Waals surface area contributed by atoms with Crippen molar-refractivity contribution < 1.29 is 14.6 Å². The molecule has 0 fully saturated rings. The number of hydrogen-bond acceptors (Lipinski definition) is 5. The lowest BCUT2D eigenvalue weighted by Gasteiger charge is -2.18. The number of aryl methyl sites for hydroxylation is 1. The second-order valence-electron chi connectivity index (χ2n) is 6.69. The first kappa shape index (κ1) is 22.0. The lowest BCUT2D eigenvalue weighted by molar-refractivity contribution is -0.117. The first-order valence-corrected chi connectivity index (χ1v) is 9.55. The molecule has 2 aromatic carbocycles. The molecule has 0 radical (unpaired) electrons. The maximum atomic E-state index is 12.5. The van der Waals surface area contributed by atoms with E-state index in [1.165, 1.54) is 6.20 Å². The minimum absolute atomic E-state index is 0.00348. The highest BCUT2D eigenvalue weighted by Crippen LogP contribution is 2.26. The molecule has 2 aromatic rings. The highest BCUT2D eigenvalue weighted by atomic mass is 16.5. The third kappa shape index (κ3) is 6.37. The predicted molar refractivity (Wildman–Crippen MR) is 112 cm³/mol. The normalized spacial score (nSPS) is 12.0. The molecule has 1 amide bonds. The van der Waals surface area contributed by atoms with Crippen LogP contribution in [0.3, 0.4) is 0 Å². The number of aliphatic hydroxyl groups excluding tert-OH is 1. The molecule has 0 aliphatic rings. The van der Waals surface area contributed by atoms with Crippen molar-refractivity contribution in [2.45, 2.75) is 40.0 Å². The number of carbonyl (C=O) groups is 1. The van der Waals surface area contributed by atoms with E-state index in [2.05, 4.69) is 10.6 Å². The number of nitrogens with zero attached hydrogens (tertiary/aromatic N) is 1. The van der Waals surface area contributed by atoms with E-state index in [0.29, 0.717) is 13.2 Å². The summed E-state index contributed by atoms with van der Waals surface area (Å²) in [6.45, 7) is 6.74. The van der Waals surface area contributed by atoms with Gasteiger partial charge in [-0.25, -0.2) is 0 Å². The van der Waals surface area contributed by atoms with Crippen molar-refractivity contribution in [2.75, 3.05) is 6.61 Å². The van der Waals surface area contributed by atoms with Gasteiger partial charge in [0, 0.05) is 18.3 Å². The summed E-state index contributed by atoms with van der Waals surface area (Å²) in [5.74, 6) is 0.268. The van der Waals surface area contributed by atoms with Gasteiger partial charge in [-0.15, -0.1) is 0 Å². The molecule has 2 rings (SSSR count). The van der Waals surface area contributed by atoms with Gasteiger partial charge in [0.2, 0.25) is 0 Å². The molecule has 0 aliphatic carbocycles. The van der Waals surface area contributed by atoms with Gasteiger partial charge in [-0.2, -0.15) is 5.26 Å². The molecule has 0 saturated heterocycles. The Morgan fingerprint density at radius 1 is 1.24 bits per heavy atom. The number of rotatable bonds is 9. The van der Waals surface area contributed by atoms with E-state index >= 15 is 0 Å². The standard InChI is InChI=1S/C23H27N3O3/c1-4-29-22-10-5-16(2)11-21(22)17(3)26-23(28)20(12-24)14-25-13-18-6-8-19(15-27)9-7-18/h5-11,14,17,25,27H,4,13,15H2,1-3H3,(H,26,28)/b20-14-. The zero-order valence-corrected chi connectivity index (χ0v) is 17.0. The zero-order chi connectivity index (χ0) is 21.2. The summed E-state index contributed by atoms with van der Waals surface area (Å²) in [4.78, 5) is 12.5. The molecular formula is C23H27N3O3. The van der Waals surface area contributed by atoms with Crippen molar-refractivity contribution in [1.82, 2.24) is 10.6 Å². The van der Waals surface area contributed by atoms with E-state index in [-0.39, 0.29) is 18.2 Å². The van der Waals surface area contributed by atoms with E-state index < -0.39 is 5.91 Å². The highest BCUT2D eigenvalue weighted by Gasteiger charge is 2.17. The minimum Gasteiger partial charge on any atom is -0.494 e. The average Bonchev–Trinajstić information content (AvgIpc) is 2.73. The van der Waals surface area contributed by atoms with Crippen molar-refractivity contribution in [3.8, 4) is 11.8 Å². The number of carbonyl (C=O) groups excluding carboxylic acids is 1. The maximum absolute atomic E-state index is 12.5. The first-order valence-electron chi connectivity index (χ1n) is 9.55. The Balaban J connectivity index is 2.02. The van der Waals surface area contributed by atoms with Crippen LogP contribution >= 0.6 is 0 Å². The topological polar surface area (TPSA) is 94.4 Å². The van der Waals surface area contributed by atoms with Gasteiger partial charge in [0.05, 0.1) is 19.3 Å². The maximum Gasteiger partial charge on any atom is 0.263 e. The third-order valence-corrected chi connectivity index (χ3v) is 4.40. The van der Waals surface area contributed by atoms with Gasteiger partial charge in [0.25, 0.3) is 5.91 Å². The van der Waals surface area contributed by atoms with Crippen LogP contribution in [0.1, 0.15) is 42.1 Å². The minimum atomic E-state index is -0.452. The van der Waals surface area contributed by atoms with Crippen molar-refractivity contribution in [3.05, 3.63) is 76.5 Å². The number of aliphatic hydroxyl groups is 1. The Hall–Kier alpha value is -3.30. The summed E-state index contributed by atoms with van der Waals surface area (Å²) in [7, 11) is 0. The summed E-state index contributed by atoms with van der Waals surface area (Å²) >= 11 is 0. The second-order valence-corrected chi connectivity index (χ2v) is 6.69. The van der Waals surface area contributed by atoms with E-state index in [4.69, 9.17) is 9.84 Å². The van der Waals surface area contributed by atoms with Gasteiger partial charge >= 0.3 is 0 Å². The van der Waals surface area contributed by atoms with Crippen LogP contribution in [0.15, 0.2) is 54.2 Å². The van der Waals surface area contributed by atoms with Gasteiger partial charge in [0.1, 0.15) is 17.4 Å². The highest BCUT2D eigenvalue weighted by molar-refractivity contribution is 5.97. The SMILES string of the molecule is CCOc1ccc(C)cc1C(C)NC(=O)/C(C#N)=C\NCc1ccc(CO)cc1. The van der Waals surface area contributed by atoms with Crippen LogP contribution < -0.4 is 15.4 Å². The molecule has 6 heteroatoms. The molecule has 0 aliphatic heterocycles. The Morgan fingerprint density at radius 2 is 1.93 bits per heavy atom. The van der Waals surface area contributed by atoms with Gasteiger partial charge in [-0.05, 0) is 38.0 Å². The van der Waals surface area contributed by atoms with Crippen molar-refractivity contribution in [2.24, 2.45) is 0 Å². The molecule has 152 valence electrons. The average molecular weight is 393 g/mol. The largest absolute Gasteiger partial charge is 0.494 e. The Labute approximate surface area is 171 Å².